The van der Waals surface area contributed by atoms with Crippen LogP contribution in [0.1, 0.15) is 47.1 Å². The van der Waals surface area contributed by atoms with Crippen LogP contribution < -0.4 is 10.1 Å². The summed E-state index contributed by atoms with van der Waals surface area (Å²) < 4.78 is 5.13. The van der Waals surface area contributed by atoms with Crippen LogP contribution in [0, 0.1) is 11.3 Å². The molecule has 1 aliphatic rings. The van der Waals surface area contributed by atoms with Crippen molar-refractivity contribution in [2.24, 2.45) is 0 Å². The molecule has 6 heteroatoms. The lowest BCUT2D eigenvalue weighted by molar-refractivity contribution is -0.115. The first kappa shape index (κ1) is 18.8. The van der Waals surface area contributed by atoms with Crippen molar-refractivity contribution in [1.82, 2.24) is 10.2 Å². The molecule has 0 saturated heterocycles. The van der Waals surface area contributed by atoms with Gasteiger partial charge in [-0.15, -0.1) is 0 Å². The molecule has 1 amide bonds. The Hall–Kier alpha value is -3.59. The van der Waals surface area contributed by atoms with E-state index in [1.54, 1.807) is 7.11 Å². The van der Waals surface area contributed by atoms with Gasteiger partial charge in [-0.05, 0) is 54.2 Å². The van der Waals surface area contributed by atoms with Gasteiger partial charge in [-0.25, -0.2) is 0 Å². The lowest BCUT2D eigenvalue weighted by atomic mass is 9.70. The molecule has 1 fully saturated rings. The van der Waals surface area contributed by atoms with E-state index in [2.05, 4.69) is 27.6 Å². The number of nitriles is 1. The van der Waals surface area contributed by atoms with E-state index in [4.69, 9.17) is 10.00 Å². The van der Waals surface area contributed by atoms with Crippen LogP contribution in [-0.2, 0) is 11.2 Å². The van der Waals surface area contributed by atoms with Crippen LogP contribution in [0.2, 0.25) is 0 Å². The van der Waals surface area contributed by atoms with E-state index in [-0.39, 0.29) is 5.91 Å². The van der Waals surface area contributed by atoms with Gasteiger partial charge in [-0.3, -0.25) is 9.89 Å². The molecule has 1 saturated carbocycles. The minimum Gasteiger partial charge on any atom is -0.497 e. The van der Waals surface area contributed by atoms with Gasteiger partial charge in [-0.1, -0.05) is 24.3 Å². The molecule has 0 radical (unpaired) electrons. The van der Waals surface area contributed by atoms with Crippen molar-refractivity contribution < 1.29 is 9.53 Å². The smallest absolute Gasteiger partial charge is 0.229 e. The summed E-state index contributed by atoms with van der Waals surface area (Å²) in [5.74, 6) is 2.12. The van der Waals surface area contributed by atoms with Crippen molar-refractivity contribution in [2.45, 2.75) is 31.1 Å². The first-order valence-corrected chi connectivity index (χ1v) is 9.62. The summed E-state index contributed by atoms with van der Waals surface area (Å²) in [4.78, 5) is 12.3. The molecule has 2 N–H and O–H groups in total. The Morgan fingerprint density at radius 3 is 2.72 bits per heavy atom. The average molecular weight is 386 g/mol. The largest absolute Gasteiger partial charge is 0.497 e. The Labute approximate surface area is 169 Å². The maximum Gasteiger partial charge on any atom is 0.229 e. The number of aromatic amines is 1. The number of H-pyrrole nitrogens is 1. The maximum atomic E-state index is 12.3. The molecule has 29 heavy (non-hydrogen) atoms. The second kappa shape index (κ2) is 8.19. The highest BCUT2D eigenvalue weighted by Gasteiger charge is 2.33. The third-order valence-corrected chi connectivity index (χ3v) is 5.44. The summed E-state index contributed by atoms with van der Waals surface area (Å²) >= 11 is 0. The van der Waals surface area contributed by atoms with Gasteiger partial charge in [-0.2, -0.15) is 10.4 Å². The van der Waals surface area contributed by atoms with Crippen LogP contribution in [0.5, 0.6) is 5.75 Å². The number of ether oxygens (including phenoxy) is 1. The van der Waals surface area contributed by atoms with E-state index < -0.39 is 0 Å². The molecule has 0 bridgehead atoms. The molecular weight excluding hydrogens is 364 g/mol. The number of carbonyl (C=O) groups is 1. The lowest BCUT2D eigenvalue weighted by Gasteiger charge is -2.34. The Kier molecular flexibility index (Phi) is 5.30. The number of anilines is 1. The standard InChI is InChI=1S/C23H22N4O2/c1-29-20-7-5-15(6-8-20)10-23(28)25-22-13-21(26-27-22)19-11-18(12-19)17-4-2-3-16(9-17)14-24/h2-9,13,18-19H,10-12H2,1H3,(H2,25,26,27,28)/t18-,19+. The van der Waals surface area contributed by atoms with Crippen LogP contribution in [0.3, 0.4) is 0 Å². The van der Waals surface area contributed by atoms with E-state index in [1.807, 2.05) is 48.5 Å². The number of carbonyl (C=O) groups excluding carboxylic acids is 1. The lowest BCUT2D eigenvalue weighted by Crippen LogP contribution is -2.20. The van der Waals surface area contributed by atoms with Crippen LogP contribution >= 0.6 is 0 Å². The number of hydrogen-bond acceptors (Lipinski definition) is 4. The molecule has 146 valence electrons. The van der Waals surface area contributed by atoms with Gasteiger partial charge in [0, 0.05) is 12.0 Å². The summed E-state index contributed by atoms with van der Waals surface area (Å²) in [5, 5.41) is 19.2. The van der Waals surface area contributed by atoms with E-state index in [9.17, 15) is 4.79 Å². The highest BCUT2D eigenvalue weighted by atomic mass is 16.5. The Balaban J connectivity index is 1.31. The molecule has 0 aliphatic heterocycles. The molecule has 1 heterocycles. The highest BCUT2D eigenvalue weighted by molar-refractivity contribution is 5.91. The molecule has 3 aromatic rings. The monoisotopic (exact) mass is 386 g/mol. The highest BCUT2D eigenvalue weighted by Crippen LogP contribution is 2.47. The van der Waals surface area contributed by atoms with Gasteiger partial charge < -0.3 is 10.1 Å². The zero-order valence-corrected chi connectivity index (χ0v) is 16.2. The minimum atomic E-state index is -0.0924. The van der Waals surface area contributed by atoms with Gasteiger partial charge in [0.15, 0.2) is 0 Å². The maximum absolute atomic E-state index is 12.3. The summed E-state index contributed by atoms with van der Waals surface area (Å²) in [6.07, 6.45) is 2.29. The number of nitrogens with zero attached hydrogens (tertiary/aromatic N) is 2. The molecule has 1 aromatic heterocycles. The van der Waals surface area contributed by atoms with E-state index in [0.29, 0.717) is 29.6 Å². The molecule has 2 aromatic carbocycles. The third kappa shape index (κ3) is 4.30. The van der Waals surface area contributed by atoms with Crippen molar-refractivity contribution in [1.29, 1.82) is 5.26 Å². The fourth-order valence-electron chi connectivity index (χ4n) is 3.73. The fourth-order valence-corrected chi connectivity index (χ4v) is 3.73. The number of amides is 1. The second-order valence-corrected chi connectivity index (χ2v) is 7.38. The number of rotatable bonds is 6. The quantitative estimate of drug-likeness (QED) is 0.666. The van der Waals surface area contributed by atoms with Gasteiger partial charge in [0.05, 0.1) is 30.9 Å². The van der Waals surface area contributed by atoms with Crippen molar-refractivity contribution in [2.75, 3.05) is 12.4 Å². The van der Waals surface area contributed by atoms with Gasteiger partial charge in [0.2, 0.25) is 5.91 Å². The molecular formula is C23H22N4O2. The zero-order valence-electron chi connectivity index (χ0n) is 16.2. The van der Waals surface area contributed by atoms with Crippen molar-refractivity contribution in [3.8, 4) is 11.8 Å². The predicted molar refractivity (Wildman–Crippen MR) is 110 cm³/mol. The molecule has 0 spiro atoms. The first-order valence-electron chi connectivity index (χ1n) is 9.62. The summed E-state index contributed by atoms with van der Waals surface area (Å²) in [7, 11) is 1.62. The Morgan fingerprint density at radius 1 is 1.21 bits per heavy atom. The average Bonchev–Trinajstić information content (AvgIpc) is 3.15. The molecule has 6 nitrogen and oxygen atoms in total. The molecule has 1 aliphatic carbocycles. The third-order valence-electron chi connectivity index (χ3n) is 5.44. The fraction of sp³-hybridized carbons (Fsp3) is 0.261. The summed E-state index contributed by atoms with van der Waals surface area (Å²) in [6, 6.07) is 19.4. The molecule has 4 rings (SSSR count). The summed E-state index contributed by atoms with van der Waals surface area (Å²) in [5.41, 5.74) is 3.80. The Bertz CT molecular complexity index is 1040. The van der Waals surface area contributed by atoms with Crippen molar-refractivity contribution in [3.05, 3.63) is 77.0 Å². The summed E-state index contributed by atoms with van der Waals surface area (Å²) in [6.45, 7) is 0. The normalized spacial score (nSPS) is 17.8. The number of aromatic nitrogens is 2. The van der Waals surface area contributed by atoms with Crippen molar-refractivity contribution >= 4 is 11.7 Å². The van der Waals surface area contributed by atoms with Gasteiger partial charge in [0.1, 0.15) is 11.6 Å². The Morgan fingerprint density at radius 2 is 2.00 bits per heavy atom. The van der Waals surface area contributed by atoms with Crippen LogP contribution in [-0.4, -0.2) is 23.2 Å². The van der Waals surface area contributed by atoms with Crippen LogP contribution in [0.25, 0.3) is 0 Å². The predicted octanol–water partition coefficient (Wildman–Crippen LogP) is 4.13. The number of benzene rings is 2. The van der Waals surface area contributed by atoms with E-state index in [1.165, 1.54) is 5.56 Å². The number of methoxy groups -OCH3 is 1. The van der Waals surface area contributed by atoms with Crippen LogP contribution in [0.4, 0.5) is 5.82 Å². The van der Waals surface area contributed by atoms with Crippen LogP contribution in [0.15, 0.2) is 54.6 Å². The second-order valence-electron chi connectivity index (χ2n) is 7.38. The SMILES string of the molecule is COc1ccc(CC(=O)Nc2cc([C@H]3C[C@@H](c4cccc(C#N)c4)C3)n[nH]2)cc1. The van der Waals surface area contributed by atoms with Crippen molar-refractivity contribution in [3.63, 3.8) is 0 Å². The van der Waals surface area contributed by atoms with E-state index >= 15 is 0 Å². The zero-order chi connectivity index (χ0) is 20.2. The van der Waals surface area contributed by atoms with Gasteiger partial charge >= 0.3 is 0 Å². The topological polar surface area (TPSA) is 90.8 Å². The van der Waals surface area contributed by atoms with E-state index in [0.717, 1.165) is 29.8 Å². The first-order chi connectivity index (χ1) is 14.1. The minimum absolute atomic E-state index is 0.0924. The molecule has 0 unspecified atom stereocenters. The van der Waals surface area contributed by atoms with Gasteiger partial charge in [0.25, 0.3) is 0 Å². The number of nitrogens with one attached hydrogen (secondary N) is 2. The number of hydrogen-bond donors (Lipinski definition) is 2. The molecule has 0 atom stereocenters.